The van der Waals surface area contributed by atoms with Gasteiger partial charge in [0.2, 0.25) is 10.0 Å². The number of halogens is 3. The Bertz CT molecular complexity index is 1060. The van der Waals surface area contributed by atoms with E-state index in [0.717, 1.165) is 5.56 Å². The van der Waals surface area contributed by atoms with Crippen molar-refractivity contribution in [1.82, 2.24) is 4.31 Å². The molecule has 4 aliphatic rings. The Morgan fingerprint density at radius 1 is 0.871 bits per heavy atom. The fourth-order valence-corrected chi connectivity index (χ4v) is 6.43. The van der Waals surface area contributed by atoms with Crippen molar-refractivity contribution in [2.45, 2.75) is 35.7 Å². The van der Waals surface area contributed by atoms with E-state index in [2.05, 4.69) is 0 Å². The third-order valence-electron chi connectivity index (χ3n) is 6.77. The van der Waals surface area contributed by atoms with E-state index < -0.39 is 21.6 Å². The minimum Gasteiger partial charge on any atom is -0.457 e. The molecule has 6 rings (SSSR count). The quantitative estimate of drug-likeness (QED) is 0.670. The van der Waals surface area contributed by atoms with E-state index >= 15 is 0 Å². The van der Waals surface area contributed by atoms with Crippen molar-refractivity contribution < 1.29 is 31.1 Å². The number of sulfonamides is 1. The Hall–Kier alpha value is -2.10. The van der Waals surface area contributed by atoms with Crippen LogP contribution >= 0.6 is 0 Å². The van der Waals surface area contributed by atoms with E-state index in [9.17, 15) is 21.6 Å². The van der Waals surface area contributed by atoms with Gasteiger partial charge in [-0.05, 0) is 66.6 Å². The summed E-state index contributed by atoms with van der Waals surface area (Å²) in [5.41, 5.74) is -0.896. The lowest BCUT2D eigenvalue weighted by atomic mass is 9.33. The van der Waals surface area contributed by atoms with Crippen LogP contribution in [0, 0.1) is 5.41 Å². The van der Waals surface area contributed by atoms with Crippen molar-refractivity contribution >= 4 is 10.0 Å². The molecule has 5 nitrogen and oxygen atoms in total. The second-order valence-corrected chi connectivity index (χ2v) is 10.6. The summed E-state index contributed by atoms with van der Waals surface area (Å²) in [7, 11) is -3.56. The summed E-state index contributed by atoms with van der Waals surface area (Å²) < 4.78 is 76.9. The molecule has 0 atom stereocenters. The molecule has 1 aliphatic heterocycles. The molecule has 0 spiro atoms. The van der Waals surface area contributed by atoms with Gasteiger partial charge in [0.25, 0.3) is 0 Å². The van der Waals surface area contributed by atoms with Crippen LogP contribution in [0.5, 0.6) is 11.5 Å². The number of hydrogen-bond donors (Lipinski definition) is 0. The van der Waals surface area contributed by atoms with E-state index in [4.69, 9.17) is 9.47 Å². The third-order valence-corrected chi connectivity index (χ3v) is 8.68. The van der Waals surface area contributed by atoms with Crippen molar-refractivity contribution in [2.24, 2.45) is 5.41 Å². The third kappa shape index (κ3) is 3.34. The van der Waals surface area contributed by atoms with Crippen molar-refractivity contribution in [3.8, 4) is 11.5 Å². The standard InChI is InChI=1S/C22H22F3NO4S/c23-22(24,25)21-13-20(14-21,15-21)16-1-3-17(4-2-16)30-18-5-7-19(8-6-18)31(27,28)26-9-11-29-12-10-26/h1-8H,9-15H2. The molecule has 2 bridgehead atoms. The van der Waals surface area contributed by atoms with Gasteiger partial charge in [0, 0.05) is 13.1 Å². The molecule has 2 aromatic carbocycles. The summed E-state index contributed by atoms with van der Waals surface area (Å²) in [5.74, 6) is 1.03. The molecule has 0 aromatic heterocycles. The SMILES string of the molecule is O=S(=O)(c1ccc(Oc2ccc(C34CC(C(F)(F)F)(C3)C4)cc2)cc1)N1CCOCC1. The van der Waals surface area contributed by atoms with Gasteiger partial charge in [-0.1, -0.05) is 12.1 Å². The van der Waals surface area contributed by atoms with Crippen LogP contribution in [0.15, 0.2) is 53.4 Å². The summed E-state index contributed by atoms with van der Waals surface area (Å²) in [4.78, 5) is 0.194. The van der Waals surface area contributed by atoms with Crippen LogP contribution in [-0.4, -0.2) is 45.2 Å². The zero-order valence-corrected chi connectivity index (χ0v) is 17.5. The van der Waals surface area contributed by atoms with Crippen LogP contribution in [0.2, 0.25) is 0 Å². The predicted molar refractivity (Wildman–Crippen MR) is 107 cm³/mol. The fourth-order valence-electron chi connectivity index (χ4n) is 5.02. The van der Waals surface area contributed by atoms with Gasteiger partial charge in [0.05, 0.1) is 23.5 Å². The Morgan fingerprint density at radius 3 is 1.90 bits per heavy atom. The second kappa shape index (κ2) is 6.95. The van der Waals surface area contributed by atoms with Gasteiger partial charge in [0.15, 0.2) is 0 Å². The topological polar surface area (TPSA) is 55.8 Å². The van der Waals surface area contributed by atoms with Gasteiger partial charge in [-0.15, -0.1) is 0 Å². The Morgan fingerprint density at radius 2 is 1.39 bits per heavy atom. The number of benzene rings is 2. The summed E-state index contributed by atoms with van der Waals surface area (Å²) in [5, 5.41) is 0. The Balaban J connectivity index is 1.23. The first kappa shape index (κ1) is 20.8. The summed E-state index contributed by atoms with van der Waals surface area (Å²) in [6.07, 6.45) is -3.60. The molecule has 4 fully saturated rings. The summed E-state index contributed by atoms with van der Waals surface area (Å²) in [6, 6.07) is 13.3. The van der Waals surface area contributed by atoms with Crippen LogP contribution < -0.4 is 4.74 Å². The molecule has 166 valence electrons. The smallest absolute Gasteiger partial charge is 0.394 e. The monoisotopic (exact) mass is 453 g/mol. The van der Waals surface area contributed by atoms with Gasteiger partial charge in [-0.2, -0.15) is 17.5 Å². The van der Waals surface area contributed by atoms with Gasteiger partial charge < -0.3 is 9.47 Å². The summed E-state index contributed by atoms with van der Waals surface area (Å²) >= 11 is 0. The van der Waals surface area contributed by atoms with Crippen molar-refractivity contribution in [2.75, 3.05) is 26.3 Å². The van der Waals surface area contributed by atoms with Crippen LogP contribution in [0.1, 0.15) is 24.8 Å². The second-order valence-electron chi connectivity index (χ2n) is 8.70. The molecule has 2 aromatic rings. The number of hydrogen-bond acceptors (Lipinski definition) is 4. The van der Waals surface area contributed by atoms with Gasteiger partial charge in [-0.25, -0.2) is 8.42 Å². The average molecular weight is 453 g/mol. The highest BCUT2D eigenvalue weighted by atomic mass is 32.2. The van der Waals surface area contributed by atoms with Crippen LogP contribution in [0.25, 0.3) is 0 Å². The van der Waals surface area contributed by atoms with Crippen molar-refractivity contribution in [1.29, 1.82) is 0 Å². The molecule has 1 saturated heterocycles. The van der Waals surface area contributed by atoms with Crippen molar-refractivity contribution in [3.63, 3.8) is 0 Å². The zero-order valence-electron chi connectivity index (χ0n) is 16.7. The van der Waals surface area contributed by atoms with Gasteiger partial charge in [0.1, 0.15) is 11.5 Å². The lowest BCUT2D eigenvalue weighted by molar-refractivity contribution is -0.337. The highest BCUT2D eigenvalue weighted by Gasteiger charge is 2.78. The van der Waals surface area contributed by atoms with Gasteiger partial charge >= 0.3 is 6.18 Å². The Labute approximate surface area is 178 Å². The maximum atomic E-state index is 13.1. The molecule has 3 aliphatic carbocycles. The van der Waals surface area contributed by atoms with E-state index in [1.165, 1.54) is 16.4 Å². The van der Waals surface area contributed by atoms with Crippen LogP contribution in [0.3, 0.4) is 0 Å². The first-order valence-corrected chi connectivity index (χ1v) is 11.6. The number of morpholine rings is 1. The van der Waals surface area contributed by atoms with E-state index in [1.807, 2.05) is 12.1 Å². The molecule has 3 saturated carbocycles. The maximum Gasteiger partial charge on any atom is 0.394 e. The molecule has 0 amide bonds. The van der Waals surface area contributed by atoms with E-state index in [0.29, 0.717) is 37.8 Å². The minimum absolute atomic E-state index is 0.169. The first-order chi connectivity index (χ1) is 14.6. The fraction of sp³-hybridized carbons (Fsp3) is 0.455. The van der Waals surface area contributed by atoms with Gasteiger partial charge in [-0.3, -0.25) is 0 Å². The lowest BCUT2D eigenvalue weighted by Gasteiger charge is -2.71. The molecule has 0 N–H and O–H groups in total. The molecule has 1 heterocycles. The Kier molecular flexibility index (Phi) is 4.66. The first-order valence-electron chi connectivity index (χ1n) is 10.2. The maximum absolute atomic E-state index is 13.1. The number of rotatable bonds is 5. The largest absolute Gasteiger partial charge is 0.457 e. The normalized spacial score (nSPS) is 28.5. The van der Waals surface area contributed by atoms with Crippen LogP contribution in [0.4, 0.5) is 13.2 Å². The lowest BCUT2D eigenvalue weighted by Crippen LogP contribution is -2.70. The van der Waals surface area contributed by atoms with Crippen molar-refractivity contribution in [3.05, 3.63) is 54.1 Å². The number of alkyl halides is 3. The predicted octanol–water partition coefficient (Wildman–Crippen LogP) is 4.48. The minimum atomic E-state index is -4.11. The van der Waals surface area contributed by atoms with E-state index in [1.54, 1.807) is 24.3 Å². The number of ether oxygens (including phenoxy) is 2. The average Bonchev–Trinajstić information content (AvgIpc) is 2.67. The molecular formula is C22H22F3NO4S. The summed E-state index contributed by atoms with van der Waals surface area (Å²) in [6.45, 7) is 1.43. The molecular weight excluding hydrogens is 431 g/mol. The molecule has 9 heteroatoms. The number of nitrogens with zero attached hydrogens (tertiary/aromatic N) is 1. The zero-order chi connectivity index (χ0) is 21.9. The highest BCUT2D eigenvalue weighted by molar-refractivity contribution is 7.89. The molecule has 0 unspecified atom stereocenters. The van der Waals surface area contributed by atoms with E-state index in [-0.39, 0.29) is 29.6 Å². The molecule has 0 radical (unpaired) electrons. The molecule has 31 heavy (non-hydrogen) atoms. The van der Waals surface area contributed by atoms with Crippen LogP contribution in [-0.2, 0) is 20.2 Å². The highest BCUT2D eigenvalue weighted by Crippen LogP contribution is 2.78.